The lowest BCUT2D eigenvalue weighted by Crippen LogP contribution is -2.33. The van der Waals surface area contributed by atoms with Crippen LogP contribution in [0.5, 0.6) is 0 Å². The summed E-state index contributed by atoms with van der Waals surface area (Å²) in [6, 6.07) is 14.4. The van der Waals surface area contributed by atoms with Gasteiger partial charge in [0.05, 0.1) is 11.8 Å². The molecule has 0 bridgehead atoms. The number of aromatic nitrogens is 3. The maximum Gasteiger partial charge on any atom is 0.234 e. The van der Waals surface area contributed by atoms with Crippen molar-refractivity contribution in [3.63, 3.8) is 0 Å². The lowest BCUT2D eigenvalue weighted by Gasteiger charge is -2.31. The third kappa shape index (κ3) is 6.30. The van der Waals surface area contributed by atoms with Crippen molar-refractivity contribution >= 4 is 23.4 Å². The van der Waals surface area contributed by atoms with Gasteiger partial charge in [-0.1, -0.05) is 44.2 Å². The van der Waals surface area contributed by atoms with Gasteiger partial charge in [-0.3, -0.25) is 14.3 Å². The number of nitrogens with zero attached hydrogens (tertiary/aromatic N) is 4. The van der Waals surface area contributed by atoms with Crippen molar-refractivity contribution in [2.24, 2.45) is 0 Å². The largest absolute Gasteiger partial charge is 0.325 e. The molecule has 2 unspecified atom stereocenters. The highest BCUT2D eigenvalue weighted by atomic mass is 32.2. The maximum atomic E-state index is 13.6. The minimum absolute atomic E-state index is 0.0695. The first kappa shape index (κ1) is 25.4. The Kier molecular flexibility index (Phi) is 8.57. The van der Waals surface area contributed by atoms with Crippen LogP contribution in [0, 0.1) is 5.82 Å². The normalized spacial score (nSPS) is 16.1. The number of carbonyl (C=O) groups excluding carboxylic acids is 1. The van der Waals surface area contributed by atoms with E-state index in [9.17, 15) is 9.18 Å². The van der Waals surface area contributed by atoms with E-state index in [1.165, 1.54) is 48.7 Å². The third-order valence-corrected chi connectivity index (χ3v) is 7.69. The number of rotatable bonds is 9. The lowest BCUT2D eigenvalue weighted by atomic mass is 9.99. The number of thioether (sulfide) groups is 1. The molecule has 0 radical (unpaired) electrons. The predicted octanol–water partition coefficient (Wildman–Crippen LogP) is 6.20. The van der Waals surface area contributed by atoms with Crippen LogP contribution in [-0.2, 0) is 4.79 Å². The van der Waals surface area contributed by atoms with E-state index < -0.39 is 0 Å². The molecule has 186 valence electrons. The molecule has 35 heavy (non-hydrogen) atoms. The second kappa shape index (κ2) is 11.8. The molecule has 8 heteroatoms. The number of amides is 1. The molecular formula is C27H34FN5OS. The average molecular weight is 496 g/mol. The fourth-order valence-corrected chi connectivity index (χ4v) is 5.16. The Morgan fingerprint density at radius 2 is 1.71 bits per heavy atom. The number of likely N-dealkylation sites (tertiary alicyclic amines) is 1. The molecule has 4 rings (SSSR count). The topological polar surface area (TPSA) is 63.1 Å². The van der Waals surface area contributed by atoms with Crippen molar-refractivity contribution in [1.82, 2.24) is 19.7 Å². The Balaban J connectivity index is 1.49. The molecule has 0 aliphatic carbocycles. The van der Waals surface area contributed by atoms with Gasteiger partial charge in [0, 0.05) is 11.4 Å². The predicted molar refractivity (Wildman–Crippen MR) is 140 cm³/mol. The standard InChI is InChI=1S/C27H34FN5OS/c1-4-19(2)21-8-12-23(13-9-21)29-25(34)18-35-27-31-30-26(20(3)32-16-6-5-7-17-32)33(27)24-14-10-22(28)11-15-24/h8-15,19-20H,4-7,16-18H2,1-3H3,(H,29,34). The first-order chi connectivity index (χ1) is 17.0. The van der Waals surface area contributed by atoms with Crippen LogP contribution in [0.25, 0.3) is 5.69 Å². The third-order valence-electron chi connectivity index (χ3n) is 6.76. The SMILES string of the molecule is CCC(C)c1ccc(NC(=O)CSc2nnc(C(C)N3CCCCC3)n2-c2ccc(F)cc2)cc1. The van der Waals surface area contributed by atoms with Crippen molar-refractivity contribution < 1.29 is 9.18 Å². The minimum atomic E-state index is -0.291. The zero-order valence-corrected chi connectivity index (χ0v) is 21.5. The monoisotopic (exact) mass is 495 g/mol. The van der Waals surface area contributed by atoms with Crippen LogP contribution in [0.2, 0.25) is 0 Å². The number of hydrogen-bond donors (Lipinski definition) is 1. The zero-order chi connectivity index (χ0) is 24.8. The summed E-state index contributed by atoms with van der Waals surface area (Å²) in [5.74, 6) is 1.10. The molecule has 1 amide bonds. The summed E-state index contributed by atoms with van der Waals surface area (Å²) >= 11 is 1.34. The molecule has 2 atom stereocenters. The molecule has 1 N–H and O–H groups in total. The van der Waals surface area contributed by atoms with Crippen LogP contribution in [0.1, 0.15) is 69.8 Å². The molecule has 0 spiro atoms. The zero-order valence-electron chi connectivity index (χ0n) is 20.7. The number of benzene rings is 2. The highest BCUT2D eigenvalue weighted by Crippen LogP contribution is 2.29. The Labute approximate surface area is 211 Å². The van der Waals surface area contributed by atoms with Crippen LogP contribution >= 0.6 is 11.8 Å². The van der Waals surface area contributed by atoms with Crippen molar-refractivity contribution in [3.8, 4) is 5.69 Å². The van der Waals surface area contributed by atoms with Gasteiger partial charge in [-0.2, -0.15) is 0 Å². The molecule has 3 aromatic rings. The number of hydrogen-bond acceptors (Lipinski definition) is 5. The first-order valence-corrected chi connectivity index (χ1v) is 13.4. The highest BCUT2D eigenvalue weighted by Gasteiger charge is 2.26. The summed E-state index contributed by atoms with van der Waals surface area (Å²) in [5, 5.41) is 12.5. The number of piperidine rings is 1. The van der Waals surface area contributed by atoms with Gasteiger partial charge in [-0.15, -0.1) is 10.2 Å². The van der Waals surface area contributed by atoms with Gasteiger partial charge >= 0.3 is 0 Å². The van der Waals surface area contributed by atoms with Gasteiger partial charge in [0.25, 0.3) is 0 Å². The molecule has 1 aromatic heterocycles. The lowest BCUT2D eigenvalue weighted by molar-refractivity contribution is -0.113. The maximum absolute atomic E-state index is 13.6. The van der Waals surface area contributed by atoms with E-state index >= 15 is 0 Å². The Bertz CT molecular complexity index is 1110. The van der Waals surface area contributed by atoms with Gasteiger partial charge in [0.2, 0.25) is 5.91 Å². The van der Waals surface area contributed by atoms with E-state index in [0.29, 0.717) is 11.1 Å². The molecule has 6 nitrogen and oxygen atoms in total. The van der Waals surface area contributed by atoms with Crippen LogP contribution in [0.3, 0.4) is 0 Å². The quantitative estimate of drug-likeness (QED) is 0.358. The second-order valence-corrected chi connectivity index (χ2v) is 10.1. The van der Waals surface area contributed by atoms with Crippen LogP contribution in [0.4, 0.5) is 10.1 Å². The summed E-state index contributed by atoms with van der Waals surface area (Å²) in [6.07, 6.45) is 4.68. The Morgan fingerprint density at radius 1 is 1.03 bits per heavy atom. The van der Waals surface area contributed by atoms with Crippen molar-refractivity contribution in [3.05, 3.63) is 65.7 Å². The smallest absolute Gasteiger partial charge is 0.234 e. The molecule has 1 aliphatic rings. The van der Waals surface area contributed by atoms with Crippen molar-refractivity contribution in [2.75, 3.05) is 24.2 Å². The fourth-order valence-electron chi connectivity index (χ4n) is 4.40. The molecule has 2 aromatic carbocycles. The molecule has 1 aliphatic heterocycles. The number of nitrogens with one attached hydrogen (secondary N) is 1. The summed E-state index contributed by atoms with van der Waals surface area (Å²) in [5.41, 5.74) is 2.84. The molecule has 1 fully saturated rings. The van der Waals surface area contributed by atoms with E-state index in [-0.39, 0.29) is 23.5 Å². The van der Waals surface area contributed by atoms with Crippen LogP contribution < -0.4 is 5.32 Å². The summed E-state index contributed by atoms with van der Waals surface area (Å²) < 4.78 is 15.6. The fraction of sp³-hybridized carbons (Fsp3) is 0.444. The van der Waals surface area contributed by atoms with Crippen molar-refractivity contribution in [1.29, 1.82) is 0 Å². The average Bonchev–Trinajstić information content (AvgIpc) is 3.32. The summed E-state index contributed by atoms with van der Waals surface area (Å²) in [6.45, 7) is 8.55. The van der Waals surface area contributed by atoms with Gasteiger partial charge in [-0.25, -0.2) is 4.39 Å². The Morgan fingerprint density at radius 3 is 2.37 bits per heavy atom. The van der Waals surface area contributed by atoms with Gasteiger partial charge in [0.15, 0.2) is 11.0 Å². The number of anilines is 1. The highest BCUT2D eigenvalue weighted by molar-refractivity contribution is 7.99. The second-order valence-electron chi connectivity index (χ2n) is 9.19. The van der Waals surface area contributed by atoms with Gasteiger partial charge in [-0.05, 0) is 87.2 Å². The first-order valence-electron chi connectivity index (χ1n) is 12.4. The minimum Gasteiger partial charge on any atom is -0.325 e. The van der Waals surface area contributed by atoms with E-state index in [0.717, 1.165) is 36.7 Å². The Hall–Kier alpha value is -2.71. The molecular weight excluding hydrogens is 461 g/mol. The van der Waals surface area contributed by atoms with E-state index in [4.69, 9.17) is 0 Å². The van der Waals surface area contributed by atoms with Crippen LogP contribution in [-0.4, -0.2) is 44.4 Å². The molecule has 2 heterocycles. The summed E-state index contributed by atoms with van der Waals surface area (Å²) in [7, 11) is 0. The molecule has 0 saturated carbocycles. The van der Waals surface area contributed by atoms with Crippen LogP contribution in [0.15, 0.2) is 53.7 Å². The van der Waals surface area contributed by atoms with Gasteiger partial charge < -0.3 is 5.32 Å². The van der Waals surface area contributed by atoms with E-state index in [2.05, 4.69) is 53.3 Å². The molecule has 1 saturated heterocycles. The summed E-state index contributed by atoms with van der Waals surface area (Å²) in [4.78, 5) is 15.1. The van der Waals surface area contributed by atoms with E-state index in [1.807, 2.05) is 16.7 Å². The number of carbonyl (C=O) groups is 1. The van der Waals surface area contributed by atoms with Gasteiger partial charge in [0.1, 0.15) is 5.82 Å². The number of halogens is 1. The van der Waals surface area contributed by atoms with E-state index in [1.54, 1.807) is 12.1 Å². The van der Waals surface area contributed by atoms with Crippen molar-refractivity contribution in [2.45, 2.75) is 63.6 Å².